The summed E-state index contributed by atoms with van der Waals surface area (Å²) >= 11 is 5.99. The van der Waals surface area contributed by atoms with Crippen LogP contribution in [0.2, 0.25) is 5.02 Å². The lowest BCUT2D eigenvalue weighted by molar-refractivity contribution is 1.11. The van der Waals surface area contributed by atoms with Gasteiger partial charge in [0.1, 0.15) is 12.1 Å². The van der Waals surface area contributed by atoms with Crippen molar-refractivity contribution >= 4 is 46.4 Å². The van der Waals surface area contributed by atoms with E-state index in [1.54, 1.807) is 6.33 Å². The number of halogens is 2. The standard InChI is InChI=1S/C15H12ClN3.ClH/c1-19(12-5-3-2-4-6-12)15-13-8-7-11(16)9-14(13)17-10-18-15;/h2-10H,1H3;1H. The third kappa shape index (κ3) is 2.69. The average Bonchev–Trinajstić information content (AvgIpc) is 2.46. The zero-order valence-electron chi connectivity index (χ0n) is 10.8. The molecule has 5 heteroatoms. The minimum absolute atomic E-state index is 0. The monoisotopic (exact) mass is 305 g/mol. The van der Waals surface area contributed by atoms with Crippen LogP contribution in [-0.2, 0) is 0 Å². The summed E-state index contributed by atoms with van der Waals surface area (Å²) in [6, 6.07) is 15.8. The number of nitrogens with zero attached hydrogens (tertiary/aromatic N) is 3. The van der Waals surface area contributed by atoms with E-state index in [9.17, 15) is 0 Å². The first kappa shape index (κ1) is 14.6. The molecule has 2 aromatic carbocycles. The molecule has 0 amide bonds. The second kappa shape index (κ2) is 6.07. The summed E-state index contributed by atoms with van der Waals surface area (Å²) in [5.41, 5.74) is 1.93. The minimum Gasteiger partial charge on any atom is -0.329 e. The van der Waals surface area contributed by atoms with Gasteiger partial charge in [-0.25, -0.2) is 9.97 Å². The van der Waals surface area contributed by atoms with Gasteiger partial charge >= 0.3 is 0 Å². The first-order chi connectivity index (χ1) is 9.25. The molecule has 1 aromatic heterocycles. The molecule has 20 heavy (non-hydrogen) atoms. The Hall–Kier alpha value is -1.84. The Morgan fingerprint density at radius 1 is 1.00 bits per heavy atom. The summed E-state index contributed by atoms with van der Waals surface area (Å²) in [6.45, 7) is 0. The summed E-state index contributed by atoms with van der Waals surface area (Å²) in [6.07, 6.45) is 1.56. The van der Waals surface area contributed by atoms with Gasteiger partial charge in [-0.1, -0.05) is 29.8 Å². The van der Waals surface area contributed by atoms with Crippen LogP contribution in [0.15, 0.2) is 54.9 Å². The van der Waals surface area contributed by atoms with Gasteiger partial charge in [-0.3, -0.25) is 0 Å². The van der Waals surface area contributed by atoms with Crippen molar-refractivity contribution in [1.82, 2.24) is 9.97 Å². The Balaban J connectivity index is 0.00000147. The highest BCUT2D eigenvalue weighted by Gasteiger charge is 2.10. The van der Waals surface area contributed by atoms with Crippen molar-refractivity contribution in [2.75, 3.05) is 11.9 Å². The fourth-order valence-electron chi connectivity index (χ4n) is 2.06. The van der Waals surface area contributed by atoms with Crippen LogP contribution in [0.1, 0.15) is 0 Å². The van der Waals surface area contributed by atoms with Crippen molar-refractivity contribution in [3.05, 3.63) is 59.9 Å². The molecule has 0 aliphatic carbocycles. The molecule has 0 aliphatic rings. The Morgan fingerprint density at radius 2 is 1.75 bits per heavy atom. The number of hydrogen-bond donors (Lipinski definition) is 0. The predicted octanol–water partition coefficient (Wildman–Crippen LogP) is 4.47. The molecular formula is C15H13Cl2N3. The molecule has 3 aromatic rings. The molecule has 0 aliphatic heterocycles. The van der Waals surface area contributed by atoms with Gasteiger partial charge < -0.3 is 4.90 Å². The number of rotatable bonds is 2. The van der Waals surface area contributed by atoms with Gasteiger partial charge in [0.15, 0.2) is 0 Å². The topological polar surface area (TPSA) is 29.0 Å². The molecular weight excluding hydrogens is 293 g/mol. The van der Waals surface area contributed by atoms with E-state index >= 15 is 0 Å². The van der Waals surface area contributed by atoms with Gasteiger partial charge in [-0.2, -0.15) is 0 Å². The van der Waals surface area contributed by atoms with Gasteiger partial charge in [0.25, 0.3) is 0 Å². The molecule has 0 bridgehead atoms. The first-order valence-corrected chi connectivity index (χ1v) is 6.32. The molecule has 0 spiro atoms. The van der Waals surface area contributed by atoms with Gasteiger partial charge in [0, 0.05) is 23.1 Å². The highest BCUT2D eigenvalue weighted by atomic mass is 35.5. The fraction of sp³-hybridized carbons (Fsp3) is 0.0667. The van der Waals surface area contributed by atoms with Crippen LogP contribution in [0.5, 0.6) is 0 Å². The van der Waals surface area contributed by atoms with E-state index in [0.29, 0.717) is 5.02 Å². The number of benzene rings is 2. The Morgan fingerprint density at radius 3 is 2.50 bits per heavy atom. The van der Waals surface area contributed by atoms with Gasteiger partial charge in [0.2, 0.25) is 0 Å². The molecule has 0 atom stereocenters. The summed E-state index contributed by atoms with van der Waals surface area (Å²) in [4.78, 5) is 10.7. The van der Waals surface area contributed by atoms with Gasteiger partial charge in [0.05, 0.1) is 5.52 Å². The lowest BCUT2D eigenvalue weighted by Gasteiger charge is -2.19. The summed E-state index contributed by atoms with van der Waals surface area (Å²) in [5.74, 6) is 0.868. The minimum atomic E-state index is 0. The SMILES string of the molecule is CN(c1ccccc1)c1ncnc2cc(Cl)ccc12.Cl. The van der Waals surface area contributed by atoms with E-state index in [0.717, 1.165) is 22.4 Å². The average molecular weight is 306 g/mol. The van der Waals surface area contributed by atoms with Crippen LogP contribution in [0.4, 0.5) is 11.5 Å². The normalized spacial score (nSPS) is 10.1. The largest absolute Gasteiger partial charge is 0.329 e. The quantitative estimate of drug-likeness (QED) is 0.699. The van der Waals surface area contributed by atoms with E-state index in [-0.39, 0.29) is 12.4 Å². The summed E-state index contributed by atoms with van der Waals surface area (Å²) < 4.78 is 0. The van der Waals surface area contributed by atoms with E-state index in [1.807, 2.05) is 60.5 Å². The second-order valence-electron chi connectivity index (χ2n) is 4.25. The highest BCUT2D eigenvalue weighted by molar-refractivity contribution is 6.31. The smallest absolute Gasteiger partial charge is 0.144 e. The van der Waals surface area contributed by atoms with Crippen molar-refractivity contribution in [2.24, 2.45) is 0 Å². The number of fused-ring (bicyclic) bond motifs is 1. The molecule has 0 N–H and O–H groups in total. The van der Waals surface area contributed by atoms with E-state index < -0.39 is 0 Å². The van der Waals surface area contributed by atoms with Crippen molar-refractivity contribution in [3.63, 3.8) is 0 Å². The van der Waals surface area contributed by atoms with Crippen LogP contribution >= 0.6 is 24.0 Å². The van der Waals surface area contributed by atoms with E-state index in [2.05, 4.69) is 9.97 Å². The molecule has 0 fully saturated rings. The molecule has 1 heterocycles. The van der Waals surface area contributed by atoms with Crippen LogP contribution in [0, 0.1) is 0 Å². The summed E-state index contributed by atoms with van der Waals surface area (Å²) in [7, 11) is 1.99. The Labute approximate surface area is 128 Å². The molecule has 102 valence electrons. The zero-order chi connectivity index (χ0) is 13.2. The molecule has 0 unspecified atom stereocenters. The molecule has 0 saturated heterocycles. The Kier molecular flexibility index (Phi) is 4.42. The number of hydrogen-bond acceptors (Lipinski definition) is 3. The molecule has 0 saturated carbocycles. The van der Waals surface area contributed by atoms with Crippen molar-refractivity contribution in [3.8, 4) is 0 Å². The lowest BCUT2D eigenvalue weighted by atomic mass is 10.2. The zero-order valence-corrected chi connectivity index (χ0v) is 12.4. The van der Waals surface area contributed by atoms with E-state index in [1.165, 1.54) is 0 Å². The second-order valence-corrected chi connectivity index (χ2v) is 4.69. The van der Waals surface area contributed by atoms with Crippen LogP contribution in [0.25, 0.3) is 10.9 Å². The highest BCUT2D eigenvalue weighted by Crippen LogP contribution is 2.28. The molecule has 0 radical (unpaired) electrons. The third-order valence-electron chi connectivity index (χ3n) is 3.04. The lowest BCUT2D eigenvalue weighted by Crippen LogP contribution is -2.11. The number of para-hydroxylation sites is 1. The van der Waals surface area contributed by atoms with E-state index in [4.69, 9.17) is 11.6 Å². The van der Waals surface area contributed by atoms with Gasteiger partial charge in [-0.05, 0) is 30.3 Å². The number of anilines is 2. The number of aromatic nitrogens is 2. The Bertz CT molecular complexity index is 717. The predicted molar refractivity (Wildman–Crippen MR) is 86.3 cm³/mol. The maximum absolute atomic E-state index is 5.99. The van der Waals surface area contributed by atoms with Crippen molar-refractivity contribution in [2.45, 2.75) is 0 Å². The summed E-state index contributed by atoms with van der Waals surface area (Å²) in [5, 5.41) is 1.66. The maximum Gasteiger partial charge on any atom is 0.144 e. The van der Waals surface area contributed by atoms with Gasteiger partial charge in [-0.15, -0.1) is 12.4 Å². The third-order valence-corrected chi connectivity index (χ3v) is 3.27. The van der Waals surface area contributed by atoms with Crippen LogP contribution in [0.3, 0.4) is 0 Å². The van der Waals surface area contributed by atoms with Crippen molar-refractivity contribution in [1.29, 1.82) is 0 Å². The van der Waals surface area contributed by atoms with Crippen LogP contribution in [-0.4, -0.2) is 17.0 Å². The van der Waals surface area contributed by atoms with Crippen LogP contribution < -0.4 is 4.90 Å². The molecule has 3 nitrogen and oxygen atoms in total. The first-order valence-electron chi connectivity index (χ1n) is 5.95. The maximum atomic E-state index is 5.99. The fourth-order valence-corrected chi connectivity index (χ4v) is 2.22. The van der Waals surface area contributed by atoms with Crippen molar-refractivity contribution < 1.29 is 0 Å². The molecule has 3 rings (SSSR count).